The van der Waals surface area contributed by atoms with E-state index in [9.17, 15) is 0 Å². The molecule has 0 aliphatic heterocycles. The Morgan fingerprint density at radius 2 is 1.77 bits per heavy atom. The van der Waals surface area contributed by atoms with Gasteiger partial charge in [0.2, 0.25) is 0 Å². The van der Waals surface area contributed by atoms with Crippen molar-refractivity contribution in [2.45, 2.75) is 11.4 Å². The summed E-state index contributed by atoms with van der Waals surface area (Å²) in [5.74, 6) is 1.51. The average Bonchev–Trinajstić information content (AvgIpc) is 3.04. The summed E-state index contributed by atoms with van der Waals surface area (Å²) in [5.41, 5.74) is 2.32. The lowest BCUT2D eigenvalue weighted by Crippen LogP contribution is -1.97. The zero-order valence-corrected chi connectivity index (χ0v) is 12.6. The molecule has 0 radical (unpaired) electrons. The molecule has 0 saturated carbocycles. The van der Waals surface area contributed by atoms with Crippen molar-refractivity contribution >= 4 is 28.4 Å². The quantitative estimate of drug-likeness (QED) is 0.428. The minimum atomic E-state index is 0.543. The molecule has 0 N–H and O–H groups in total. The highest BCUT2D eigenvalue weighted by atomic mass is 32.2. The number of tetrazole rings is 1. The van der Waals surface area contributed by atoms with Gasteiger partial charge in [-0.2, -0.15) is 4.52 Å². The number of aryl methyl sites for hydroxylation is 1. The maximum absolute atomic E-state index is 4.58. The number of aromatic nitrogens is 5. The molecular formula is C16H13N5S. The highest BCUT2D eigenvalue weighted by molar-refractivity contribution is 7.99. The molecule has 0 aliphatic rings. The van der Waals surface area contributed by atoms with Crippen LogP contribution >= 0.6 is 11.8 Å². The van der Waals surface area contributed by atoms with E-state index in [2.05, 4.69) is 50.8 Å². The van der Waals surface area contributed by atoms with Gasteiger partial charge in [-0.25, -0.2) is 4.98 Å². The molecule has 4 rings (SSSR count). The number of fused-ring (bicyclic) bond motifs is 3. The van der Waals surface area contributed by atoms with Gasteiger partial charge in [-0.05, 0) is 28.5 Å². The van der Waals surface area contributed by atoms with Crippen molar-refractivity contribution in [2.24, 2.45) is 0 Å². The van der Waals surface area contributed by atoms with Crippen LogP contribution in [0.2, 0.25) is 0 Å². The minimum absolute atomic E-state index is 0.543. The third-order valence-corrected chi connectivity index (χ3v) is 4.48. The van der Waals surface area contributed by atoms with E-state index in [0.717, 1.165) is 28.1 Å². The largest absolute Gasteiger partial charge is 0.275 e. The van der Waals surface area contributed by atoms with Crippen LogP contribution in [0.4, 0.5) is 0 Å². The second kappa shape index (κ2) is 5.73. The zero-order valence-electron chi connectivity index (χ0n) is 11.8. The van der Waals surface area contributed by atoms with Crippen LogP contribution < -0.4 is 0 Å². The molecule has 4 aromatic rings. The summed E-state index contributed by atoms with van der Waals surface area (Å²) in [4.78, 5) is 4.58. The summed E-state index contributed by atoms with van der Waals surface area (Å²) in [6.45, 7) is 0. The molecular weight excluding hydrogens is 294 g/mol. The van der Waals surface area contributed by atoms with Gasteiger partial charge in [0, 0.05) is 11.1 Å². The van der Waals surface area contributed by atoms with Crippen molar-refractivity contribution < 1.29 is 0 Å². The van der Waals surface area contributed by atoms with Crippen molar-refractivity contribution in [1.82, 2.24) is 25.0 Å². The van der Waals surface area contributed by atoms with E-state index in [0.29, 0.717) is 5.78 Å². The van der Waals surface area contributed by atoms with Gasteiger partial charge in [0.15, 0.2) is 0 Å². The minimum Gasteiger partial charge on any atom is -0.202 e. The Bertz CT molecular complexity index is 920. The predicted octanol–water partition coefficient (Wildman–Crippen LogP) is 3.01. The van der Waals surface area contributed by atoms with Gasteiger partial charge in [-0.3, -0.25) is 0 Å². The smallest absolute Gasteiger partial charge is 0.202 e. The van der Waals surface area contributed by atoms with Crippen LogP contribution in [-0.4, -0.2) is 30.8 Å². The summed E-state index contributed by atoms with van der Waals surface area (Å²) in [6, 6.07) is 18.6. The molecule has 0 amide bonds. The average molecular weight is 307 g/mol. The van der Waals surface area contributed by atoms with E-state index in [1.165, 1.54) is 5.56 Å². The molecule has 22 heavy (non-hydrogen) atoms. The number of para-hydroxylation sites is 1. The van der Waals surface area contributed by atoms with Crippen LogP contribution in [0.25, 0.3) is 16.7 Å². The molecule has 6 heteroatoms. The monoisotopic (exact) mass is 307 g/mol. The number of thioether (sulfide) groups is 1. The van der Waals surface area contributed by atoms with Crippen molar-refractivity contribution in [3.63, 3.8) is 0 Å². The summed E-state index contributed by atoms with van der Waals surface area (Å²) >= 11 is 1.74. The molecule has 5 nitrogen and oxygen atoms in total. The van der Waals surface area contributed by atoms with Crippen LogP contribution in [0.3, 0.4) is 0 Å². The summed E-state index contributed by atoms with van der Waals surface area (Å²) in [7, 11) is 0. The standard InChI is InChI=1S/C16H13N5S/c1-2-6-12(7-3-1)10-11-22-15-13-8-4-5-9-14(13)21-16(17-15)18-19-20-21/h1-9H,10-11H2. The summed E-state index contributed by atoms with van der Waals surface area (Å²) < 4.78 is 1.68. The molecule has 2 aromatic heterocycles. The number of hydrogen-bond donors (Lipinski definition) is 0. The first-order valence-corrected chi connectivity index (χ1v) is 8.04. The Balaban J connectivity index is 1.65. The second-order valence-corrected chi connectivity index (χ2v) is 5.99. The third kappa shape index (κ3) is 2.42. The lowest BCUT2D eigenvalue weighted by atomic mass is 10.2. The normalized spacial score (nSPS) is 11.3. The molecule has 2 heterocycles. The van der Waals surface area contributed by atoms with Crippen LogP contribution in [0, 0.1) is 0 Å². The van der Waals surface area contributed by atoms with Crippen molar-refractivity contribution in [1.29, 1.82) is 0 Å². The number of benzene rings is 2. The summed E-state index contributed by atoms with van der Waals surface area (Å²) in [5, 5.41) is 13.7. The first kappa shape index (κ1) is 13.2. The first-order chi connectivity index (χ1) is 10.9. The van der Waals surface area contributed by atoms with Gasteiger partial charge in [0.1, 0.15) is 5.03 Å². The van der Waals surface area contributed by atoms with Crippen molar-refractivity contribution in [3.8, 4) is 0 Å². The van der Waals surface area contributed by atoms with E-state index >= 15 is 0 Å². The van der Waals surface area contributed by atoms with E-state index in [1.54, 1.807) is 16.3 Å². The lowest BCUT2D eigenvalue weighted by molar-refractivity contribution is 0.839. The van der Waals surface area contributed by atoms with Gasteiger partial charge in [-0.15, -0.1) is 11.8 Å². The second-order valence-electron chi connectivity index (χ2n) is 4.91. The number of hydrogen-bond acceptors (Lipinski definition) is 5. The van der Waals surface area contributed by atoms with Crippen LogP contribution in [0.1, 0.15) is 5.56 Å². The third-order valence-electron chi connectivity index (χ3n) is 3.49. The number of nitrogens with zero attached hydrogens (tertiary/aromatic N) is 5. The van der Waals surface area contributed by atoms with Crippen LogP contribution in [0.5, 0.6) is 0 Å². The predicted molar refractivity (Wildman–Crippen MR) is 87.0 cm³/mol. The van der Waals surface area contributed by atoms with Gasteiger partial charge in [0.25, 0.3) is 5.78 Å². The van der Waals surface area contributed by atoms with Gasteiger partial charge >= 0.3 is 0 Å². The molecule has 0 saturated heterocycles. The molecule has 0 atom stereocenters. The van der Waals surface area contributed by atoms with Crippen molar-refractivity contribution in [2.75, 3.05) is 5.75 Å². The van der Waals surface area contributed by atoms with Crippen LogP contribution in [0.15, 0.2) is 59.6 Å². The summed E-state index contributed by atoms with van der Waals surface area (Å²) in [6.07, 6.45) is 1.01. The molecule has 0 fully saturated rings. The zero-order chi connectivity index (χ0) is 14.8. The first-order valence-electron chi connectivity index (χ1n) is 7.05. The molecule has 108 valence electrons. The Labute approximate surface area is 131 Å². The molecule has 0 bridgehead atoms. The SMILES string of the molecule is c1ccc(CCSc2nc3nnnn3c3ccccc23)cc1. The Morgan fingerprint density at radius 3 is 2.68 bits per heavy atom. The van der Waals surface area contributed by atoms with Gasteiger partial charge in [0.05, 0.1) is 5.52 Å². The van der Waals surface area contributed by atoms with E-state index in [-0.39, 0.29) is 0 Å². The van der Waals surface area contributed by atoms with E-state index in [4.69, 9.17) is 0 Å². The highest BCUT2D eigenvalue weighted by Crippen LogP contribution is 2.26. The fourth-order valence-corrected chi connectivity index (χ4v) is 3.42. The van der Waals surface area contributed by atoms with Crippen molar-refractivity contribution in [3.05, 3.63) is 60.2 Å². The molecule has 0 aliphatic carbocycles. The lowest BCUT2D eigenvalue weighted by Gasteiger charge is -2.06. The fraction of sp³-hybridized carbons (Fsp3) is 0.125. The van der Waals surface area contributed by atoms with E-state index < -0.39 is 0 Å². The van der Waals surface area contributed by atoms with Gasteiger partial charge in [-0.1, -0.05) is 53.6 Å². The van der Waals surface area contributed by atoms with Gasteiger partial charge < -0.3 is 0 Å². The fourth-order valence-electron chi connectivity index (χ4n) is 2.42. The Kier molecular flexibility index (Phi) is 3.44. The highest BCUT2D eigenvalue weighted by Gasteiger charge is 2.10. The topological polar surface area (TPSA) is 56.0 Å². The molecule has 2 aromatic carbocycles. The van der Waals surface area contributed by atoms with E-state index in [1.807, 2.05) is 24.3 Å². The maximum Gasteiger partial charge on any atom is 0.275 e. The molecule has 0 unspecified atom stereocenters. The molecule has 0 spiro atoms. The Hall–Kier alpha value is -2.47. The van der Waals surface area contributed by atoms with Crippen LogP contribution in [-0.2, 0) is 6.42 Å². The maximum atomic E-state index is 4.58. The Morgan fingerprint density at radius 1 is 0.955 bits per heavy atom. The number of rotatable bonds is 4.